The number of aromatic nitrogens is 1. The number of benzene rings is 2. The summed E-state index contributed by atoms with van der Waals surface area (Å²) in [5.41, 5.74) is 6.53. The monoisotopic (exact) mass is 279 g/mol. The van der Waals surface area contributed by atoms with Crippen LogP contribution in [-0.4, -0.2) is 10.9 Å². The maximum absolute atomic E-state index is 11.7. The van der Waals surface area contributed by atoms with Crippen molar-refractivity contribution in [2.24, 2.45) is 5.84 Å². The summed E-state index contributed by atoms with van der Waals surface area (Å²) in [4.78, 5) is 15.1. The average Bonchev–Trinajstić information content (AvgIpc) is 2.86. The second-order valence-electron chi connectivity index (χ2n) is 5.03. The number of carbonyl (C=O) groups excluding carboxylic acids is 1. The molecule has 1 heterocycles. The van der Waals surface area contributed by atoms with Gasteiger partial charge in [-0.3, -0.25) is 10.2 Å². The Morgan fingerprint density at radius 3 is 2.52 bits per heavy atom. The summed E-state index contributed by atoms with van der Waals surface area (Å²) < 4.78 is 0. The normalized spacial score (nSPS) is 10.7. The summed E-state index contributed by atoms with van der Waals surface area (Å²) in [5.74, 6) is 5.04. The SMILES string of the molecule is NNC(=O)Cc1c(Cc2ccccc2)[nH]c2ccccc12. The van der Waals surface area contributed by atoms with Crippen molar-refractivity contribution in [1.82, 2.24) is 10.4 Å². The summed E-state index contributed by atoms with van der Waals surface area (Å²) in [6, 6.07) is 18.2. The molecule has 0 saturated heterocycles. The molecule has 0 saturated carbocycles. The van der Waals surface area contributed by atoms with Crippen LogP contribution in [0.5, 0.6) is 0 Å². The lowest BCUT2D eigenvalue weighted by atomic mass is 10.0. The molecule has 1 aromatic heterocycles. The Bertz CT molecular complexity index is 762. The van der Waals surface area contributed by atoms with Gasteiger partial charge in [-0.15, -0.1) is 0 Å². The number of hydrogen-bond donors (Lipinski definition) is 3. The lowest BCUT2D eigenvalue weighted by Crippen LogP contribution is -2.31. The molecular formula is C17H17N3O. The van der Waals surface area contributed by atoms with Gasteiger partial charge in [-0.05, 0) is 17.2 Å². The van der Waals surface area contributed by atoms with Crippen LogP contribution in [0.4, 0.5) is 0 Å². The van der Waals surface area contributed by atoms with Gasteiger partial charge in [0.05, 0.1) is 6.42 Å². The second kappa shape index (κ2) is 5.81. The van der Waals surface area contributed by atoms with Crippen LogP contribution in [0.3, 0.4) is 0 Å². The van der Waals surface area contributed by atoms with Crippen LogP contribution < -0.4 is 11.3 Å². The van der Waals surface area contributed by atoms with E-state index in [4.69, 9.17) is 5.84 Å². The number of hydrazine groups is 1. The van der Waals surface area contributed by atoms with E-state index in [1.165, 1.54) is 5.56 Å². The lowest BCUT2D eigenvalue weighted by Gasteiger charge is -2.05. The van der Waals surface area contributed by atoms with Crippen molar-refractivity contribution >= 4 is 16.8 Å². The van der Waals surface area contributed by atoms with Crippen LogP contribution in [0, 0.1) is 0 Å². The molecule has 0 aliphatic heterocycles. The van der Waals surface area contributed by atoms with E-state index < -0.39 is 0 Å². The first-order chi connectivity index (χ1) is 10.3. The fourth-order valence-electron chi connectivity index (χ4n) is 2.62. The first-order valence-electron chi connectivity index (χ1n) is 6.90. The predicted octanol–water partition coefficient (Wildman–Crippen LogP) is 2.29. The zero-order valence-corrected chi connectivity index (χ0v) is 11.6. The average molecular weight is 279 g/mol. The van der Waals surface area contributed by atoms with E-state index in [-0.39, 0.29) is 12.3 Å². The van der Waals surface area contributed by atoms with Gasteiger partial charge < -0.3 is 4.98 Å². The van der Waals surface area contributed by atoms with Gasteiger partial charge in [-0.2, -0.15) is 0 Å². The van der Waals surface area contributed by atoms with Crippen LogP contribution >= 0.6 is 0 Å². The maximum Gasteiger partial charge on any atom is 0.238 e. The Kier molecular flexibility index (Phi) is 3.71. The third-order valence-corrected chi connectivity index (χ3v) is 3.62. The number of H-pyrrole nitrogens is 1. The second-order valence-corrected chi connectivity index (χ2v) is 5.03. The van der Waals surface area contributed by atoms with Gasteiger partial charge in [0, 0.05) is 23.0 Å². The van der Waals surface area contributed by atoms with Crippen molar-refractivity contribution in [3.8, 4) is 0 Å². The molecule has 4 heteroatoms. The van der Waals surface area contributed by atoms with Crippen molar-refractivity contribution in [3.05, 3.63) is 71.4 Å². The number of carbonyl (C=O) groups is 1. The number of fused-ring (bicyclic) bond motifs is 1. The number of amides is 1. The van der Waals surface area contributed by atoms with Crippen molar-refractivity contribution in [2.45, 2.75) is 12.8 Å². The number of rotatable bonds is 4. The highest BCUT2D eigenvalue weighted by Crippen LogP contribution is 2.24. The molecule has 3 rings (SSSR count). The smallest absolute Gasteiger partial charge is 0.238 e. The van der Waals surface area contributed by atoms with Gasteiger partial charge >= 0.3 is 0 Å². The summed E-state index contributed by atoms with van der Waals surface area (Å²) in [6.07, 6.45) is 1.05. The molecule has 21 heavy (non-hydrogen) atoms. The van der Waals surface area contributed by atoms with Crippen molar-refractivity contribution in [2.75, 3.05) is 0 Å². The molecule has 106 valence electrons. The Balaban J connectivity index is 2.04. The topological polar surface area (TPSA) is 70.9 Å². The molecule has 0 unspecified atom stereocenters. The minimum absolute atomic E-state index is 0.186. The summed E-state index contributed by atoms with van der Waals surface area (Å²) in [7, 11) is 0. The molecule has 0 fully saturated rings. The third-order valence-electron chi connectivity index (χ3n) is 3.62. The number of aromatic amines is 1. The molecule has 2 aromatic carbocycles. The Hall–Kier alpha value is -2.59. The highest BCUT2D eigenvalue weighted by Gasteiger charge is 2.14. The summed E-state index contributed by atoms with van der Waals surface area (Å²) >= 11 is 0. The molecule has 0 spiro atoms. The highest BCUT2D eigenvalue weighted by atomic mass is 16.2. The van der Waals surface area contributed by atoms with Crippen LogP contribution in [0.2, 0.25) is 0 Å². The Morgan fingerprint density at radius 1 is 1.05 bits per heavy atom. The first-order valence-corrected chi connectivity index (χ1v) is 6.90. The van der Waals surface area contributed by atoms with Crippen LogP contribution in [0.15, 0.2) is 54.6 Å². The molecule has 0 bridgehead atoms. The molecule has 4 N–H and O–H groups in total. The first kappa shape index (κ1) is 13.4. The van der Waals surface area contributed by atoms with Gasteiger partial charge in [-0.1, -0.05) is 48.5 Å². The minimum atomic E-state index is -0.186. The summed E-state index contributed by atoms with van der Waals surface area (Å²) in [5, 5.41) is 1.08. The molecular weight excluding hydrogens is 262 g/mol. The van der Waals surface area contributed by atoms with Gasteiger partial charge in [0.2, 0.25) is 5.91 Å². The molecule has 4 nitrogen and oxygen atoms in total. The van der Waals surface area contributed by atoms with Crippen molar-refractivity contribution < 1.29 is 4.79 Å². The maximum atomic E-state index is 11.7. The number of hydrogen-bond acceptors (Lipinski definition) is 2. The largest absolute Gasteiger partial charge is 0.358 e. The van der Waals surface area contributed by atoms with E-state index in [1.54, 1.807) is 0 Å². The van der Waals surface area contributed by atoms with Crippen LogP contribution in [-0.2, 0) is 17.6 Å². The van der Waals surface area contributed by atoms with Crippen molar-refractivity contribution in [3.63, 3.8) is 0 Å². The zero-order valence-electron chi connectivity index (χ0n) is 11.6. The quantitative estimate of drug-likeness (QED) is 0.389. The molecule has 0 radical (unpaired) electrons. The molecule has 1 amide bonds. The fourth-order valence-corrected chi connectivity index (χ4v) is 2.62. The van der Waals surface area contributed by atoms with E-state index in [0.29, 0.717) is 0 Å². The number of nitrogens with two attached hydrogens (primary N) is 1. The van der Waals surface area contributed by atoms with Gasteiger partial charge in [0.15, 0.2) is 0 Å². The van der Waals surface area contributed by atoms with E-state index in [9.17, 15) is 4.79 Å². The Labute approximate surface area is 122 Å². The summed E-state index contributed by atoms with van der Waals surface area (Å²) in [6.45, 7) is 0. The van der Waals surface area contributed by atoms with E-state index >= 15 is 0 Å². The van der Waals surface area contributed by atoms with Crippen molar-refractivity contribution in [1.29, 1.82) is 0 Å². The molecule has 0 aliphatic rings. The lowest BCUT2D eigenvalue weighted by molar-refractivity contribution is -0.120. The zero-order chi connectivity index (χ0) is 14.7. The van der Waals surface area contributed by atoms with E-state index in [1.807, 2.05) is 42.5 Å². The van der Waals surface area contributed by atoms with Gasteiger partial charge in [0.25, 0.3) is 0 Å². The molecule has 3 aromatic rings. The highest BCUT2D eigenvalue weighted by molar-refractivity contribution is 5.90. The predicted molar refractivity (Wildman–Crippen MR) is 83.6 cm³/mol. The Morgan fingerprint density at radius 2 is 1.76 bits per heavy atom. The number of nitrogens with one attached hydrogen (secondary N) is 2. The van der Waals surface area contributed by atoms with E-state index in [2.05, 4.69) is 22.5 Å². The molecule has 0 aliphatic carbocycles. The standard InChI is InChI=1S/C17H17N3O/c18-20-17(21)11-14-13-8-4-5-9-15(13)19-16(14)10-12-6-2-1-3-7-12/h1-9,19H,10-11,18H2,(H,20,21). The third kappa shape index (κ3) is 2.80. The van der Waals surface area contributed by atoms with Gasteiger partial charge in [-0.25, -0.2) is 5.84 Å². The van der Waals surface area contributed by atoms with E-state index in [0.717, 1.165) is 28.6 Å². The van der Waals surface area contributed by atoms with Gasteiger partial charge in [0.1, 0.15) is 0 Å². The fraction of sp³-hybridized carbons (Fsp3) is 0.118. The minimum Gasteiger partial charge on any atom is -0.358 e. The molecule has 0 atom stereocenters. The van der Waals surface area contributed by atoms with Crippen LogP contribution in [0.1, 0.15) is 16.8 Å². The van der Waals surface area contributed by atoms with Crippen LogP contribution in [0.25, 0.3) is 10.9 Å². The number of para-hydroxylation sites is 1.